The van der Waals surface area contributed by atoms with Crippen LogP contribution in [0.3, 0.4) is 0 Å². The lowest BCUT2D eigenvalue weighted by atomic mass is 10.0. The second-order valence-corrected chi connectivity index (χ2v) is 5.96. The molecular formula is C19H12F3N5O3. The molecular weight excluding hydrogens is 403 g/mol. The van der Waals surface area contributed by atoms with Gasteiger partial charge in [-0.25, -0.2) is 19.7 Å². The average Bonchev–Trinajstić information content (AvgIpc) is 3.17. The lowest BCUT2D eigenvalue weighted by molar-refractivity contribution is -0.189. The topological polar surface area (TPSA) is 91.5 Å². The Morgan fingerprint density at radius 3 is 2.57 bits per heavy atom. The predicted molar refractivity (Wildman–Crippen MR) is 97.7 cm³/mol. The van der Waals surface area contributed by atoms with E-state index in [1.807, 2.05) is 0 Å². The molecule has 0 saturated carbocycles. The number of hydrogen-bond donors (Lipinski definition) is 0. The summed E-state index contributed by atoms with van der Waals surface area (Å²) in [4.78, 5) is 28.3. The Morgan fingerprint density at radius 1 is 1.13 bits per heavy atom. The van der Waals surface area contributed by atoms with Gasteiger partial charge in [-0.3, -0.25) is 9.38 Å². The molecule has 0 aliphatic rings. The first-order valence-electron chi connectivity index (χ1n) is 8.45. The number of methoxy groups -OCH3 is 1. The number of carbonyl (C=O) groups is 1. The molecule has 0 aliphatic heterocycles. The minimum absolute atomic E-state index is 0.0951. The van der Waals surface area contributed by atoms with Gasteiger partial charge in [0.25, 0.3) is 0 Å². The molecule has 0 aromatic carbocycles. The number of rotatable bonds is 4. The monoisotopic (exact) mass is 415 g/mol. The van der Waals surface area contributed by atoms with Gasteiger partial charge < -0.3 is 9.47 Å². The number of carbonyl (C=O) groups excluding carboxylic acids is 1. The number of alkyl halides is 3. The van der Waals surface area contributed by atoms with E-state index < -0.39 is 17.9 Å². The first-order chi connectivity index (χ1) is 14.4. The van der Waals surface area contributed by atoms with E-state index in [1.54, 1.807) is 41.2 Å². The number of fused-ring (bicyclic) bond motifs is 1. The van der Waals surface area contributed by atoms with Crippen molar-refractivity contribution in [3.63, 3.8) is 0 Å². The van der Waals surface area contributed by atoms with Gasteiger partial charge in [0, 0.05) is 31.0 Å². The molecule has 0 amide bonds. The summed E-state index contributed by atoms with van der Waals surface area (Å²) < 4.78 is 50.2. The molecule has 11 heteroatoms. The summed E-state index contributed by atoms with van der Waals surface area (Å²) in [5, 5.41) is 0. The van der Waals surface area contributed by atoms with Crippen molar-refractivity contribution in [3.05, 3.63) is 55.4 Å². The molecule has 4 rings (SSSR count). The van der Waals surface area contributed by atoms with E-state index in [0.29, 0.717) is 17.0 Å². The third-order valence-electron chi connectivity index (χ3n) is 4.09. The standard InChI is InChI=1S/C19H12F3N5O3/c1-29-13-9-25-15(12-10-27-8-2-5-24-18(27)26-12)14(11-3-6-23-7-4-11)16(13)30-17(28)19(20,21)22/h2-10H,1H3. The first kappa shape index (κ1) is 19.3. The van der Waals surface area contributed by atoms with Gasteiger partial charge >= 0.3 is 12.1 Å². The van der Waals surface area contributed by atoms with E-state index >= 15 is 0 Å². The molecule has 0 bridgehead atoms. The minimum atomic E-state index is -5.20. The highest BCUT2D eigenvalue weighted by atomic mass is 19.4. The van der Waals surface area contributed by atoms with Crippen LogP contribution in [0.1, 0.15) is 0 Å². The van der Waals surface area contributed by atoms with Crippen molar-refractivity contribution < 1.29 is 27.4 Å². The van der Waals surface area contributed by atoms with Gasteiger partial charge in [0.15, 0.2) is 11.5 Å². The van der Waals surface area contributed by atoms with E-state index in [1.165, 1.54) is 19.5 Å². The van der Waals surface area contributed by atoms with Gasteiger partial charge in [0.1, 0.15) is 11.4 Å². The van der Waals surface area contributed by atoms with Crippen LogP contribution in [0.2, 0.25) is 0 Å². The molecule has 0 fully saturated rings. The summed E-state index contributed by atoms with van der Waals surface area (Å²) in [6.45, 7) is 0. The number of halogens is 3. The van der Waals surface area contributed by atoms with Crippen LogP contribution in [0.25, 0.3) is 28.3 Å². The maximum absolute atomic E-state index is 12.9. The molecule has 0 atom stereocenters. The van der Waals surface area contributed by atoms with Crippen LogP contribution in [0.15, 0.2) is 55.4 Å². The number of pyridine rings is 2. The van der Waals surface area contributed by atoms with Crippen LogP contribution in [0.4, 0.5) is 13.2 Å². The van der Waals surface area contributed by atoms with Gasteiger partial charge in [-0.15, -0.1) is 0 Å². The molecule has 0 radical (unpaired) electrons. The van der Waals surface area contributed by atoms with Gasteiger partial charge in [-0.2, -0.15) is 13.2 Å². The Morgan fingerprint density at radius 2 is 1.90 bits per heavy atom. The Hall–Kier alpha value is -4.02. The third kappa shape index (κ3) is 3.52. The largest absolute Gasteiger partial charge is 0.491 e. The number of hydrogen-bond acceptors (Lipinski definition) is 7. The van der Waals surface area contributed by atoms with Crippen LogP contribution in [0.5, 0.6) is 11.5 Å². The van der Waals surface area contributed by atoms with Gasteiger partial charge in [-0.05, 0) is 23.8 Å². The molecule has 0 saturated heterocycles. The zero-order valence-corrected chi connectivity index (χ0v) is 15.3. The summed E-state index contributed by atoms with van der Waals surface area (Å²) in [7, 11) is 1.23. The SMILES string of the molecule is COc1cnc(-c2cn3cccnc3n2)c(-c2ccncc2)c1OC(=O)C(F)(F)F. The molecule has 8 nitrogen and oxygen atoms in total. The van der Waals surface area contributed by atoms with E-state index in [2.05, 4.69) is 19.9 Å². The number of nitrogens with zero attached hydrogens (tertiary/aromatic N) is 5. The molecule has 0 unspecified atom stereocenters. The third-order valence-corrected chi connectivity index (χ3v) is 4.09. The molecule has 0 N–H and O–H groups in total. The highest BCUT2D eigenvalue weighted by Gasteiger charge is 2.42. The van der Waals surface area contributed by atoms with Crippen molar-refractivity contribution in [2.75, 3.05) is 7.11 Å². The zero-order valence-electron chi connectivity index (χ0n) is 15.3. The fraction of sp³-hybridized carbons (Fsp3) is 0.105. The lowest BCUT2D eigenvalue weighted by Gasteiger charge is -2.17. The second-order valence-electron chi connectivity index (χ2n) is 5.96. The van der Waals surface area contributed by atoms with Crippen molar-refractivity contribution in [1.29, 1.82) is 0 Å². The van der Waals surface area contributed by atoms with Crippen LogP contribution < -0.4 is 9.47 Å². The van der Waals surface area contributed by atoms with Gasteiger partial charge in [-0.1, -0.05) is 0 Å². The van der Waals surface area contributed by atoms with Crippen LogP contribution in [0, 0.1) is 0 Å². The summed E-state index contributed by atoms with van der Waals surface area (Å²) in [6.07, 6.45) is 3.72. The second kappa shape index (κ2) is 7.43. The smallest absolute Gasteiger partial charge is 0.491 e. The fourth-order valence-corrected chi connectivity index (χ4v) is 2.80. The summed E-state index contributed by atoms with van der Waals surface area (Å²) in [5.41, 5.74) is 0.990. The van der Waals surface area contributed by atoms with Crippen LogP contribution in [-0.2, 0) is 4.79 Å². The molecule has 4 heterocycles. The van der Waals surface area contributed by atoms with E-state index in [-0.39, 0.29) is 17.0 Å². The fourth-order valence-electron chi connectivity index (χ4n) is 2.80. The van der Waals surface area contributed by atoms with Gasteiger partial charge in [0.05, 0.1) is 18.9 Å². The molecule has 4 aromatic heterocycles. The summed E-state index contributed by atoms with van der Waals surface area (Å²) >= 11 is 0. The van der Waals surface area contributed by atoms with Crippen LogP contribution in [-0.4, -0.2) is 43.6 Å². The molecule has 0 spiro atoms. The number of esters is 1. The number of aromatic nitrogens is 5. The zero-order chi connectivity index (χ0) is 21.3. The Balaban J connectivity index is 1.98. The molecule has 152 valence electrons. The van der Waals surface area contributed by atoms with E-state index in [0.717, 1.165) is 6.20 Å². The minimum Gasteiger partial charge on any atom is -0.491 e. The number of imidazole rings is 1. The molecule has 4 aromatic rings. The molecule has 30 heavy (non-hydrogen) atoms. The summed E-state index contributed by atoms with van der Waals surface area (Å²) in [5.74, 6) is -2.60. The first-order valence-corrected chi connectivity index (χ1v) is 8.45. The van der Waals surface area contributed by atoms with Crippen molar-refractivity contribution in [2.24, 2.45) is 0 Å². The Bertz CT molecular complexity index is 1190. The highest BCUT2D eigenvalue weighted by molar-refractivity contribution is 5.89. The van der Waals surface area contributed by atoms with Crippen LogP contribution >= 0.6 is 0 Å². The van der Waals surface area contributed by atoms with E-state index in [4.69, 9.17) is 9.47 Å². The normalized spacial score (nSPS) is 11.5. The maximum Gasteiger partial charge on any atom is 0.491 e. The predicted octanol–water partition coefficient (Wildman–Crippen LogP) is 3.33. The Labute approximate surface area is 167 Å². The molecule has 0 aliphatic carbocycles. The quantitative estimate of drug-likeness (QED) is 0.472. The van der Waals surface area contributed by atoms with Crippen molar-refractivity contribution in [2.45, 2.75) is 6.18 Å². The summed E-state index contributed by atoms with van der Waals surface area (Å²) in [6, 6.07) is 4.78. The van der Waals surface area contributed by atoms with Crippen molar-refractivity contribution in [3.8, 4) is 34.0 Å². The maximum atomic E-state index is 12.9. The number of ether oxygens (including phenoxy) is 2. The lowest BCUT2D eigenvalue weighted by Crippen LogP contribution is -2.28. The van der Waals surface area contributed by atoms with E-state index in [9.17, 15) is 18.0 Å². The average molecular weight is 415 g/mol. The Kier molecular flexibility index (Phi) is 4.78. The van der Waals surface area contributed by atoms with Crippen molar-refractivity contribution >= 4 is 11.7 Å². The highest BCUT2D eigenvalue weighted by Crippen LogP contribution is 2.43. The van der Waals surface area contributed by atoms with Crippen molar-refractivity contribution in [1.82, 2.24) is 24.3 Å². The van der Waals surface area contributed by atoms with Gasteiger partial charge in [0.2, 0.25) is 5.78 Å².